The van der Waals surface area contributed by atoms with Crippen molar-refractivity contribution >= 4 is 17.6 Å². The summed E-state index contributed by atoms with van der Waals surface area (Å²) in [5.74, 6) is -1.25. The molecule has 0 spiro atoms. The molecule has 23 heavy (non-hydrogen) atoms. The number of carbonyl (C=O) groups excluding carboxylic acids is 1. The number of hydrogen-bond acceptors (Lipinski definition) is 3. The van der Waals surface area contributed by atoms with Crippen molar-refractivity contribution in [3.8, 4) is 0 Å². The Morgan fingerprint density at radius 2 is 1.87 bits per heavy atom. The van der Waals surface area contributed by atoms with Crippen LogP contribution in [0.4, 0.5) is 5.69 Å². The summed E-state index contributed by atoms with van der Waals surface area (Å²) in [7, 11) is 0. The van der Waals surface area contributed by atoms with Gasteiger partial charge < -0.3 is 10.4 Å². The SMILES string of the molecule is CC(Cc1ccc(NC(=O)c2cc(C(C)C)[nH]n2)cc1)C(=O)O. The van der Waals surface area contributed by atoms with Crippen LogP contribution in [0.25, 0.3) is 0 Å². The van der Waals surface area contributed by atoms with E-state index in [9.17, 15) is 9.59 Å². The molecule has 122 valence electrons. The van der Waals surface area contributed by atoms with Gasteiger partial charge in [0.05, 0.1) is 5.92 Å². The molecule has 2 rings (SSSR count). The van der Waals surface area contributed by atoms with Crippen molar-refractivity contribution in [1.29, 1.82) is 0 Å². The van der Waals surface area contributed by atoms with Gasteiger partial charge in [0.2, 0.25) is 0 Å². The molecule has 0 saturated heterocycles. The van der Waals surface area contributed by atoms with Gasteiger partial charge in [-0.2, -0.15) is 5.10 Å². The van der Waals surface area contributed by atoms with Gasteiger partial charge in [-0.15, -0.1) is 0 Å². The topological polar surface area (TPSA) is 95.1 Å². The lowest BCUT2D eigenvalue weighted by Gasteiger charge is -2.08. The highest BCUT2D eigenvalue weighted by Crippen LogP contribution is 2.16. The molecular formula is C17H21N3O3. The van der Waals surface area contributed by atoms with Crippen molar-refractivity contribution in [2.45, 2.75) is 33.1 Å². The molecule has 1 aromatic heterocycles. The van der Waals surface area contributed by atoms with Crippen molar-refractivity contribution < 1.29 is 14.7 Å². The summed E-state index contributed by atoms with van der Waals surface area (Å²) in [4.78, 5) is 23.0. The molecule has 2 aromatic rings. The summed E-state index contributed by atoms with van der Waals surface area (Å²) in [6.07, 6.45) is 0.459. The minimum atomic E-state index is -0.818. The van der Waals surface area contributed by atoms with Crippen molar-refractivity contribution in [3.63, 3.8) is 0 Å². The Hall–Kier alpha value is -2.63. The van der Waals surface area contributed by atoms with Gasteiger partial charge in [0.1, 0.15) is 0 Å². The number of rotatable bonds is 6. The van der Waals surface area contributed by atoms with Gasteiger partial charge in [-0.25, -0.2) is 0 Å². The number of benzene rings is 1. The van der Waals surface area contributed by atoms with Crippen LogP contribution in [0.3, 0.4) is 0 Å². The number of aromatic nitrogens is 2. The molecular weight excluding hydrogens is 294 g/mol. The number of nitrogens with one attached hydrogen (secondary N) is 2. The maximum absolute atomic E-state index is 12.1. The highest BCUT2D eigenvalue weighted by molar-refractivity contribution is 6.02. The number of aliphatic carboxylic acids is 1. The minimum Gasteiger partial charge on any atom is -0.481 e. The normalized spacial score (nSPS) is 12.2. The summed E-state index contributed by atoms with van der Waals surface area (Å²) in [5, 5.41) is 18.5. The number of hydrogen-bond donors (Lipinski definition) is 3. The van der Waals surface area contributed by atoms with Crippen LogP contribution in [0, 0.1) is 5.92 Å². The summed E-state index contributed by atoms with van der Waals surface area (Å²) < 4.78 is 0. The van der Waals surface area contributed by atoms with E-state index in [0.29, 0.717) is 17.8 Å². The number of carbonyl (C=O) groups is 2. The summed E-state index contributed by atoms with van der Waals surface area (Å²) in [6.45, 7) is 5.71. The van der Waals surface area contributed by atoms with Crippen LogP contribution in [-0.4, -0.2) is 27.2 Å². The first kappa shape index (κ1) is 16.7. The molecule has 0 aliphatic rings. The molecule has 0 aliphatic heterocycles. The van der Waals surface area contributed by atoms with Crippen LogP contribution in [-0.2, 0) is 11.2 Å². The second-order valence-corrected chi connectivity index (χ2v) is 5.96. The van der Waals surface area contributed by atoms with Gasteiger partial charge in [0.15, 0.2) is 5.69 Å². The van der Waals surface area contributed by atoms with Gasteiger partial charge in [-0.05, 0) is 36.1 Å². The number of aromatic amines is 1. The standard InChI is InChI=1S/C17H21N3O3/c1-10(2)14-9-15(20-19-14)16(21)18-13-6-4-12(5-7-13)8-11(3)17(22)23/h4-7,9-11H,8H2,1-3H3,(H,18,21)(H,19,20)(H,22,23). The highest BCUT2D eigenvalue weighted by atomic mass is 16.4. The Morgan fingerprint density at radius 1 is 1.22 bits per heavy atom. The summed E-state index contributed by atoms with van der Waals surface area (Å²) in [6, 6.07) is 8.90. The van der Waals surface area contributed by atoms with E-state index in [-0.39, 0.29) is 11.8 Å². The van der Waals surface area contributed by atoms with Crippen LogP contribution in [0.1, 0.15) is 48.4 Å². The zero-order valence-electron chi connectivity index (χ0n) is 13.5. The Kier molecular flexibility index (Phi) is 5.16. The van der Waals surface area contributed by atoms with E-state index < -0.39 is 11.9 Å². The average Bonchev–Trinajstić information content (AvgIpc) is 2.99. The summed E-state index contributed by atoms with van der Waals surface area (Å²) in [5.41, 5.74) is 2.82. The predicted octanol–water partition coefficient (Wildman–Crippen LogP) is 3.05. The van der Waals surface area contributed by atoms with Crippen LogP contribution < -0.4 is 5.32 Å². The fourth-order valence-corrected chi connectivity index (χ4v) is 2.11. The van der Waals surface area contributed by atoms with Crippen molar-refractivity contribution in [2.75, 3.05) is 5.32 Å². The monoisotopic (exact) mass is 315 g/mol. The van der Waals surface area contributed by atoms with E-state index in [4.69, 9.17) is 5.11 Å². The second kappa shape index (κ2) is 7.09. The van der Waals surface area contributed by atoms with E-state index in [1.807, 2.05) is 26.0 Å². The highest BCUT2D eigenvalue weighted by Gasteiger charge is 2.13. The van der Waals surface area contributed by atoms with Crippen LogP contribution in [0.15, 0.2) is 30.3 Å². The molecule has 1 atom stereocenters. The zero-order chi connectivity index (χ0) is 17.0. The third-order valence-corrected chi connectivity index (χ3v) is 3.63. The third kappa shape index (κ3) is 4.42. The van der Waals surface area contributed by atoms with Crippen LogP contribution in [0.2, 0.25) is 0 Å². The van der Waals surface area contributed by atoms with E-state index in [2.05, 4.69) is 15.5 Å². The van der Waals surface area contributed by atoms with Gasteiger partial charge in [-0.1, -0.05) is 32.9 Å². The number of H-pyrrole nitrogens is 1. The van der Waals surface area contributed by atoms with E-state index >= 15 is 0 Å². The van der Waals surface area contributed by atoms with Gasteiger partial charge in [0, 0.05) is 11.4 Å². The number of carboxylic acids is 1. The lowest BCUT2D eigenvalue weighted by Crippen LogP contribution is -2.13. The maximum atomic E-state index is 12.1. The first-order valence-corrected chi connectivity index (χ1v) is 7.55. The molecule has 0 fully saturated rings. The molecule has 0 radical (unpaired) electrons. The molecule has 1 unspecified atom stereocenters. The van der Waals surface area contributed by atoms with Gasteiger partial charge in [0.25, 0.3) is 5.91 Å². The molecule has 1 amide bonds. The van der Waals surface area contributed by atoms with E-state index in [1.54, 1.807) is 25.1 Å². The van der Waals surface area contributed by atoms with Crippen LogP contribution in [0.5, 0.6) is 0 Å². The molecule has 0 bridgehead atoms. The Morgan fingerprint density at radius 3 is 2.39 bits per heavy atom. The third-order valence-electron chi connectivity index (χ3n) is 3.63. The summed E-state index contributed by atoms with van der Waals surface area (Å²) >= 11 is 0. The lowest BCUT2D eigenvalue weighted by molar-refractivity contribution is -0.141. The quantitative estimate of drug-likeness (QED) is 0.763. The van der Waals surface area contributed by atoms with Gasteiger partial charge in [-0.3, -0.25) is 14.7 Å². The van der Waals surface area contributed by atoms with Crippen molar-refractivity contribution in [1.82, 2.24) is 10.2 Å². The first-order valence-electron chi connectivity index (χ1n) is 7.55. The van der Waals surface area contributed by atoms with E-state index in [1.165, 1.54) is 0 Å². The smallest absolute Gasteiger partial charge is 0.306 e. The molecule has 1 heterocycles. The fraction of sp³-hybridized carbons (Fsp3) is 0.353. The number of anilines is 1. The molecule has 3 N–H and O–H groups in total. The Labute approximate surface area is 134 Å². The van der Waals surface area contributed by atoms with Gasteiger partial charge >= 0.3 is 5.97 Å². The zero-order valence-corrected chi connectivity index (χ0v) is 13.5. The maximum Gasteiger partial charge on any atom is 0.306 e. The molecule has 6 heteroatoms. The van der Waals surface area contributed by atoms with Crippen molar-refractivity contribution in [2.24, 2.45) is 5.92 Å². The average molecular weight is 315 g/mol. The van der Waals surface area contributed by atoms with Crippen LogP contribution >= 0.6 is 0 Å². The Balaban J connectivity index is 1.99. The number of amides is 1. The minimum absolute atomic E-state index is 0.277. The number of nitrogens with zero attached hydrogens (tertiary/aromatic N) is 1. The molecule has 0 saturated carbocycles. The first-order chi connectivity index (χ1) is 10.9. The molecule has 1 aromatic carbocycles. The molecule has 0 aliphatic carbocycles. The van der Waals surface area contributed by atoms with Crippen molar-refractivity contribution in [3.05, 3.63) is 47.3 Å². The lowest BCUT2D eigenvalue weighted by atomic mass is 10.0. The second-order valence-electron chi connectivity index (χ2n) is 5.96. The number of carboxylic acid groups (broad SMARTS) is 1. The molecule has 6 nitrogen and oxygen atoms in total. The largest absolute Gasteiger partial charge is 0.481 e. The van der Waals surface area contributed by atoms with E-state index in [0.717, 1.165) is 11.3 Å². The fourth-order valence-electron chi connectivity index (χ4n) is 2.11. The predicted molar refractivity (Wildman–Crippen MR) is 87.6 cm³/mol. The Bertz CT molecular complexity index is 689.